The predicted molar refractivity (Wildman–Crippen MR) is 123 cm³/mol. The third-order valence-electron chi connectivity index (χ3n) is 5.92. The highest BCUT2D eigenvalue weighted by atomic mass is 16.5. The second-order valence-electron chi connectivity index (χ2n) is 8.10. The first-order chi connectivity index (χ1) is 15.0. The molecule has 0 atom stereocenters. The van der Waals surface area contributed by atoms with Crippen LogP contribution >= 0.6 is 0 Å². The topological polar surface area (TPSA) is 72.3 Å². The Morgan fingerprint density at radius 2 is 2.00 bits per heavy atom. The number of anilines is 1. The fourth-order valence-electron chi connectivity index (χ4n) is 3.94. The minimum atomic E-state index is -0.162. The zero-order valence-corrected chi connectivity index (χ0v) is 18.8. The molecule has 4 rings (SSSR count). The van der Waals surface area contributed by atoms with Gasteiger partial charge in [-0.15, -0.1) is 0 Å². The van der Waals surface area contributed by atoms with E-state index >= 15 is 0 Å². The maximum Gasteiger partial charge on any atom is 0.256 e. The zero-order chi connectivity index (χ0) is 22.0. The molecule has 1 amide bonds. The number of amides is 1. The lowest BCUT2D eigenvalue weighted by Crippen LogP contribution is -2.28. The molecule has 1 N–H and O–H groups in total. The molecule has 2 aromatic heterocycles. The largest absolute Gasteiger partial charge is 0.490 e. The molecule has 7 nitrogen and oxygen atoms in total. The van der Waals surface area contributed by atoms with Crippen LogP contribution in [0, 0.1) is 6.92 Å². The van der Waals surface area contributed by atoms with Crippen molar-refractivity contribution in [1.82, 2.24) is 19.7 Å². The van der Waals surface area contributed by atoms with Gasteiger partial charge in [-0.1, -0.05) is 26.0 Å². The average Bonchev–Trinajstić information content (AvgIpc) is 3.58. The summed E-state index contributed by atoms with van der Waals surface area (Å²) in [6.45, 7) is 9.60. The van der Waals surface area contributed by atoms with E-state index in [1.54, 1.807) is 4.68 Å². The third-order valence-corrected chi connectivity index (χ3v) is 5.92. The molecule has 2 heterocycles. The second-order valence-corrected chi connectivity index (χ2v) is 8.10. The number of pyridine rings is 1. The van der Waals surface area contributed by atoms with Gasteiger partial charge < -0.3 is 15.0 Å². The minimum absolute atomic E-state index is 0.162. The molecule has 1 saturated carbocycles. The van der Waals surface area contributed by atoms with Crippen molar-refractivity contribution in [3.8, 4) is 5.75 Å². The Bertz CT molecular complexity index is 1080. The fraction of sp³-hybridized carbons (Fsp3) is 0.458. The number of nitrogens with one attached hydrogen (secondary N) is 1. The molecule has 0 spiro atoms. The lowest BCUT2D eigenvalue weighted by atomic mass is 10.1. The van der Waals surface area contributed by atoms with Crippen LogP contribution in [0.15, 0.2) is 30.3 Å². The van der Waals surface area contributed by atoms with E-state index < -0.39 is 0 Å². The Morgan fingerprint density at radius 3 is 2.71 bits per heavy atom. The van der Waals surface area contributed by atoms with Gasteiger partial charge in [0.25, 0.3) is 5.91 Å². The number of carbonyl (C=O) groups excluding carboxylic acids is 1. The summed E-state index contributed by atoms with van der Waals surface area (Å²) in [6, 6.07) is 9.53. The number of nitrogens with zero attached hydrogens (tertiary/aromatic N) is 4. The first-order valence-electron chi connectivity index (χ1n) is 11.1. The molecule has 1 aliphatic rings. The number of likely N-dealkylation sites (N-methyl/N-ethyl adjacent to an activating group) is 1. The molecule has 0 bridgehead atoms. The monoisotopic (exact) mass is 421 g/mol. The maximum atomic E-state index is 13.4. The van der Waals surface area contributed by atoms with Gasteiger partial charge in [-0.05, 0) is 51.1 Å². The van der Waals surface area contributed by atoms with Gasteiger partial charge in [-0.3, -0.25) is 9.48 Å². The van der Waals surface area contributed by atoms with Gasteiger partial charge in [0.15, 0.2) is 5.65 Å². The predicted octanol–water partition coefficient (Wildman–Crippen LogP) is 4.13. The summed E-state index contributed by atoms with van der Waals surface area (Å²) in [4.78, 5) is 20.5. The standard InChI is InChI=1S/C24H31N5O2/c1-5-29(6-2)13-14-31-21-10-8-7-9-19(21)26-24(30)18-15-20(17-11-12-17)25-23-22(18)16(3)27-28(23)4/h7-10,15,17H,5-6,11-14H2,1-4H3,(H,26,30). The summed E-state index contributed by atoms with van der Waals surface area (Å²) >= 11 is 0. The summed E-state index contributed by atoms with van der Waals surface area (Å²) in [5, 5.41) is 8.37. The van der Waals surface area contributed by atoms with Crippen LogP contribution in [0.1, 0.15) is 54.4 Å². The SMILES string of the molecule is CCN(CC)CCOc1ccccc1NC(=O)c1cc(C2CC2)nc2c1c(C)nn2C. The molecular weight excluding hydrogens is 390 g/mol. The summed E-state index contributed by atoms with van der Waals surface area (Å²) < 4.78 is 7.77. The number of benzene rings is 1. The summed E-state index contributed by atoms with van der Waals surface area (Å²) in [6.07, 6.45) is 2.25. The Labute approximate surface area is 183 Å². The number of hydrogen-bond acceptors (Lipinski definition) is 5. The molecule has 7 heteroatoms. The van der Waals surface area contributed by atoms with Gasteiger partial charge >= 0.3 is 0 Å². The molecule has 0 saturated heterocycles. The molecule has 1 aliphatic carbocycles. The molecule has 0 aliphatic heterocycles. The van der Waals surface area contributed by atoms with E-state index in [4.69, 9.17) is 9.72 Å². The molecular formula is C24H31N5O2. The first-order valence-corrected chi connectivity index (χ1v) is 11.1. The van der Waals surface area contributed by atoms with Crippen molar-refractivity contribution in [3.05, 3.63) is 47.3 Å². The van der Waals surface area contributed by atoms with Crippen LogP contribution in [0.3, 0.4) is 0 Å². The first kappa shape index (κ1) is 21.3. The van der Waals surface area contributed by atoms with Crippen molar-refractivity contribution in [3.63, 3.8) is 0 Å². The number of carbonyl (C=O) groups is 1. The van der Waals surface area contributed by atoms with Crippen LogP contribution in [0.25, 0.3) is 11.0 Å². The van der Waals surface area contributed by atoms with Crippen molar-refractivity contribution >= 4 is 22.6 Å². The van der Waals surface area contributed by atoms with E-state index in [0.717, 1.165) is 54.9 Å². The number of ether oxygens (including phenoxy) is 1. The van der Waals surface area contributed by atoms with Crippen molar-refractivity contribution in [2.24, 2.45) is 7.05 Å². The van der Waals surface area contributed by atoms with E-state index in [0.29, 0.717) is 29.5 Å². The molecule has 164 valence electrons. The van der Waals surface area contributed by atoms with Crippen LogP contribution in [-0.2, 0) is 7.05 Å². The Balaban J connectivity index is 1.58. The van der Waals surface area contributed by atoms with E-state index in [-0.39, 0.29) is 5.91 Å². The van der Waals surface area contributed by atoms with E-state index in [2.05, 4.69) is 29.2 Å². The molecule has 1 aromatic carbocycles. The molecule has 0 radical (unpaired) electrons. The van der Waals surface area contributed by atoms with Gasteiger partial charge in [-0.25, -0.2) is 4.98 Å². The van der Waals surface area contributed by atoms with Crippen LogP contribution in [0.4, 0.5) is 5.69 Å². The van der Waals surface area contributed by atoms with Gasteiger partial charge in [0.05, 0.1) is 22.3 Å². The van der Waals surface area contributed by atoms with Gasteiger partial charge in [0.2, 0.25) is 0 Å². The molecule has 0 unspecified atom stereocenters. The summed E-state index contributed by atoms with van der Waals surface area (Å²) in [5.74, 6) is 0.964. The highest BCUT2D eigenvalue weighted by Gasteiger charge is 2.28. The summed E-state index contributed by atoms with van der Waals surface area (Å²) in [5.41, 5.74) is 3.84. The van der Waals surface area contributed by atoms with Crippen molar-refractivity contribution in [1.29, 1.82) is 0 Å². The maximum absolute atomic E-state index is 13.4. The Kier molecular flexibility index (Phi) is 6.23. The smallest absolute Gasteiger partial charge is 0.256 e. The van der Waals surface area contributed by atoms with E-state index in [1.807, 2.05) is 44.3 Å². The normalized spacial score (nSPS) is 13.7. The number of hydrogen-bond donors (Lipinski definition) is 1. The van der Waals surface area contributed by atoms with E-state index in [1.165, 1.54) is 0 Å². The Morgan fingerprint density at radius 1 is 1.26 bits per heavy atom. The highest BCUT2D eigenvalue weighted by molar-refractivity contribution is 6.13. The molecule has 3 aromatic rings. The highest BCUT2D eigenvalue weighted by Crippen LogP contribution is 2.40. The van der Waals surface area contributed by atoms with Crippen LogP contribution < -0.4 is 10.1 Å². The van der Waals surface area contributed by atoms with Gasteiger partial charge in [-0.2, -0.15) is 5.10 Å². The van der Waals surface area contributed by atoms with Crippen LogP contribution in [0.2, 0.25) is 0 Å². The lowest BCUT2D eigenvalue weighted by molar-refractivity contribution is 0.102. The van der Waals surface area contributed by atoms with Gasteiger partial charge in [0, 0.05) is 25.2 Å². The third kappa shape index (κ3) is 4.56. The number of para-hydroxylation sites is 2. The fourth-order valence-corrected chi connectivity index (χ4v) is 3.94. The molecule has 1 fully saturated rings. The number of rotatable bonds is 9. The van der Waals surface area contributed by atoms with E-state index in [9.17, 15) is 4.79 Å². The number of aryl methyl sites for hydroxylation is 2. The minimum Gasteiger partial charge on any atom is -0.490 e. The number of fused-ring (bicyclic) bond motifs is 1. The van der Waals surface area contributed by atoms with Crippen LogP contribution in [0.5, 0.6) is 5.75 Å². The van der Waals surface area contributed by atoms with Crippen LogP contribution in [-0.4, -0.2) is 51.8 Å². The average molecular weight is 422 g/mol. The van der Waals surface area contributed by atoms with Crippen molar-refractivity contribution in [2.45, 2.75) is 39.5 Å². The zero-order valence-electron chi connectivity index (χ0n) is 18.8. The summed E-state index contributed by atoms with van der Waals surface area (Å²) in [7, 11) is 1.87. The number of aromatic nitrogens is 3. The Hall–Kier alpha value is -2.93. The quantitative estimate of drug-likeness (QED) is 0.562. The van der Waals surface area contributed by atoms with Gasteiger partial charge in [0.1, 0.15) is 12.4 Å². The van der Waals surface area contributed by atoms with Crippen molar-refractivity contribution < 1.29 is 9.53 Å². The molecule has 31 heavy (non-hydrogen) atoms. The van der Waals surface area contributed by atoms with Crippen molar-refractivity contribution in [2.75, 3.05) is 31.6 Å². The second kappa shape index (κ2) is 9.06. The lowest BCUT2D eigenvalue weighted by Gasteiger charge is -2.19.